The second kappa shape index (κ2) is 8.09. The zero-order chi connectivity index (χ0) is 15.1. The van der Waals surface area contributed by atoms with E-state index in [0.29, 0.717) is 34.2 Å². The third kappa shape index (κ3) is 5.00. The monoisotopic (exact) mass is 298 g/mol. The lowest BCUT2D eigenvalue weighted by atomic mass is 10.0. The second-order valence-electron chi connectivity index (χ2n) is 5.40. The molecule has 0 aliphatic heterocycles. The molecule has 5 nitrogen and oxygen atoms in total. The van der Waals surface area contributed by atoms with Gasteiger partial charge in [0.15, 0.2) is 5.13 Å². The number of hydrogen-bond donors (Lipinski definition) is 3. The van der Waals surface area contributed by atoms with Crippen molar-refractivity contribution in [1.29, 1.82) is 0 Å². The van der Waals surface area contributed by atoms with Crippen LogP contribution in [-0.4, -0.2) is 24.0 Å². The number of nitrogens with one attached hydrogen (secondary N) is 2. The summed E-state index contributed by atoms with van der Waals surface area (Å²) in [7, 11) is 0. The van der Waals surface area contributed by atoms with Crippen molar-refractivity contribution in [2.45, 2.75) is 40.5 Å². The van der Waals surface area contributed by atoms with E-state index in [1.165, 1.54) is 11.3 Å². The molecule has 0 saturated heterocycles. The van der Waals surface area contributed by atoms with Crippen LogP contribution in [-0.2, 0) is 0 Å². The Hall–Kier alpha value is -1.30. The minimum atomic E-state index is -0.121. The Bertz CT molecular complexity index is 427. The van der Waals surface area contributed by atoms with Gasteiger partial charge in [0, 0.05) is 13.1 Å². The van der Waals surface area contributed by atoms with Crippen LogP contribution in [0.2, 0.25) is 0 Å². The van der Waals surface area contributed by atoms with Crippen molar-refractivity contribution in [1.82, 2.24) is 10.3 Å². The van der Waals surface area contributed by atoms with Gasteiger partial charge >= 0.3 is 0 Å². The van der Waals surface area contributed by atoms with E-state index >= 15 is 0 Å². The fourth-order valence-electron chi connectivity index (χ4n) is 1.76. The highest BCUT2D eigenvalue weighted by molar-refractivity contribution is 7.18. The molecule has 0 radical (unpaired) electrons. The van der Waals surface area contributed by atoms with Gasteiger partial charge in [-0.1, -0.05) is 51.9 Å². The molecule has 20 heavy (non-hydrogen) atoms. The van der Waals surface area contributed by atoms with Crippen LogP contribution in [0.25, 0.3) is 0 Å². The molecule has 0 aliphatic carbocycles. The highest BCUT2D eigenvalue weighted by Crippen LogP contribution is 2.25. The normalized spacial score (nSPS) is 11.1. The Balaban J connectivity index is 2.59. The molecule has 1 amide bonds. The van der Waals surface area contributed by atoms with Crippen LogP contribution in [0, 0.1) is 11.8 Å². The second-order valence-corrected chi connectivity index (χ2v) is 6.40. The molecule has 0 saturated carbocycles. The molecule has 4 N–H and O–H groups in total. The maximum atomic E-state index is 12.1. The molecular formula is C14H26N4OS. The number of nitrogens with zero attached hydrogens (tertiary/aromatic N) is 1. The maximum Gasteiger partial charge on any atom is 0.265 e. The van der Waals surface area contributed by atoms with Crippen LogP contribution in [0.3, 0.4) is 0 Å². The zero-order valence-electron chi connectivity index (χ0n) is 12.8. The van der Waals surface area contributed by atoms with Crippen LogP contribution in [0.15, 0.2) is 0 Å². The summed E-state index contributed by atoms with van der Waals surface area (Å²) in [6, 6.07) is 0. The lowest BCUT2D eigenvalue weighted by Crippen LogP contribution is -2.28. The number of hydrogen-bond acceptors (Lipinski definition) is 5. The van der Waals surface area contributed by atoms with Crippen LogP contribution in [0.1, 0.15) is 50.2 Å². The predicted molar refractivity (Wildman–Crippen MR) is 86.3 cm³/mol. The van der Waals surface area contributed by atoms with Crippen molar-refractivity contribution in [2.75, 3.05) is 24.1 Å². The molecule has 114 valence electrons. The van der Waals surface area contributed by atoms with E-state index in [4.69, 9.17) is 5.73 Å². The lowest BCUT2D eigenvalue weighted by Gasteiger charge is -2.12. The molecular weight excluding hydrogens is 272 g/mol. The first-order chi connectivity index (χ1) is 9.47. The van der Waals surface area contributed by atoms with E-state index in [9.17, 15) is 4.79 Å². The van der Waals surface area contributed by atoms with E-state index in [-0.39, 0.29) is 5.91 Å². The summed E-state index contributed by atoms with van der Waals surface area (Å²) >= 11 is 1.32. The quantitative estimate of drug-likeness (QED) is 0.689. The van der Waals surface area contributed by atoms with E-state index in [1.54, 1.807) is 0 Å². The van der Waals surface area contributed by atoms with E-state index in [2.05, 4.69) is 43.3 Å². The number of carbonyl (C=O) groups excluding carboxylic acids is 1. The lowest BCUT2D eigenvalue weighted by molar-refractivity contribution is 0.0951. The molecule has 6 heteroatoms. The highest BCUT2D eigenvalue weighted by Gasteiger charge is 2.17. The summed E-state index contributed by atoms with van der Waals surface area (Å²) in [5.41, 5.74) is 5.82. The fourth-order valence-corrected chi connectivity index (χ4v) is 2.56. The number of nitrogen functional groups attached to an aromatic ring is 1. The minimum Gasteiger partial charge on any atom is -0.382 e. The van der Waals surface area contributed by atoms with Crippen molar-refractivity contribution >= 4 is 28.2 Å². The van der Waals surface area contributed by atoms with Crippen molar-refractivity contribution in [3.63, 3.8) is 0 Å². The molecule has 0 aliphatic rings. The van der Waals surface area contributed by atoms with Crippen LogP contribution in [0.4, 0.5) is 10.9 Å². The number of carbonyl (C=O) groups is 1. The van der Waals surface area contributed by atoms with Gasteiger partial charge in [0.05, 0.1) is 0 Å². The average molecular weight is 298 g/mol. The standard InChI is InChI=1S/C14H26N4OS/c1-5-10(6-2)8-16-13(19)11-12(15)18-14(20-11)17-7-9(3)4/h9-10H,5-8,15H2,1-4H3,(H,16,19)(H,17,18). The summed E-state index contributed by atoms with van der Waals surface area (Å²) < 4.78 is 0. The van der Waals surface area contributed by atoms with Gasteiger partial charge in [0.1, 0.15) is 10.7 Å². The SMILES string of the molecule is CCC(CC)CNC(=O)c1sc(NCC(C)C)nc1N. The third-order valence-corrected chi connectivity index (χ3v) is 4.25. The topological polar surface area (TPSA) is 80.0 Å². The molecule has 0 fully saturated rings. The first kappa shape index (κ1) is 16.8. The Morgan fingerprint density at radius 1 is 1.30 bits per heavy atom. The Kier molecular flexibility index (Phi) is 6.78. The fraction of sp³-hybridized carbons (Fsp3) is 0.714. The van der Waals surface area contributed by atoms with Crippen LogP contribution < -0.4 is 16.4 Å². The maximum absolute atomic E-state index is 12.1. The van der Waals surface area contributed by atoms with Gasteiger partial charge in [0.25, 0.3) is 5.91 Å². The molecule has 0 spiro atoms. The molecule has 1 rings (SSSR count). The van der Waals surface area contributed by atoms with Gasteiger partial charge < -0.3 is 16.4 Å². The summed E-state index contributed by atoms with van der Waals surface area (Å²) in [6.45, 7) is 10.0. The average Bonchev–Trinajstić information content (AvgIpc) is 2.78. The summed E-state index contributed by atoms with van der Waals surface area (Å²) in [5.74, 6) is 1.23. The van der Waals surface area contributed by atoms with Gasteiger partial charge in [-0.3, -0.25) is 4.79 Å². The number of thiazole rings is 1. The Morgan fingerprint density at radius 3 is 2.50 bits per heavy atom. The smallest absolute Gasteiger partial charge is 0.265 e. The van der Waals surface area contributed by atoms with E-state index in [0.717, 1.165) is 19.4 Å². The van der Waals surface area contributed by atoms with Gasteiger partial charge in [-0.2, -0.15) is 0 Å². The van der Waals surface area contributed by atoms with Gasteiger partial charge in [-0.25, -0.2) is 4.98 Å². The largest absolute Gasteiger partial charge is 0.382 e. The third-order valence-electron chi connectivity index (χ3n) is 3.23. The Labute approximate surface area is 125 Å². The molecule has 0 bridgehead atoms. The summed E-state index contributed by atoms with van der Waals surface area (Å²) in [6.07, 6.45) is 2.13. The number of rotatable bonds is 8. The number of nitrogens with two attached hydrogens (primary N) is 1. The van der Waals surface area contributed by atoms with Gasteiger partial charge in [-0.15, -0.1) is 0 Å². The number of anilines is 2. The van der Waals surface area contributed by atoms with Gasteiger partial charge in [0.2, 0.25) is 0 Å². The van der Waals surface area contributed by atoms with Crippen LogP contribution >= 0.6 is 11.3 Å². The van der Waals surface area contributed by atoms with E-state index in [1.807, 2.05) is 0 Å². The van der Waals surface area contributed by atoms with Crippen molar-refractivity contribution in [3.8, 4) is 0 Å². The molecule has 0 aromatic carbocycles. The van der Waals surface area contributed by atoms with Crippen LogP contribution in [0.5, 0.6) is 0 Å². The molecule has 0 atom stereocenters. The summed E-state index contributed by atoms with van der Waals surface area (Å²) in [4.78, 5) is 16.8. The van der Waals surface area contributed by atoms with Gasteiger partial charge in [-0.05, 0) is 11.8 Å². The Morgan fingerprint density at radius 2 is 1.95 bits per heavy atom. The van der Waals surface area contributed by atoms with E-state index < -0.39 is 0 Å². The first-order valence-electron chi connectivity index (χ1n) is 7.26. The number of aromatic nitrogens is 1. The molecule has 0 unspecified atom stereocenters. The molecule has 1 aromatic rings. The predicted octanol–water partition coefficient (Wildman–Crippen LogP) is 2.96. The number of amides is 1. The van der Waals surface area contributed by atoms with Crippen molar-refractivity contribution in [3.05, 3.63) is 4.88 Å². The first-order valence-corrected chi connectivity index (χ1v) is 8.07. The molecule has 1 aromatic heterocycles. The molecule has 1 heterocycles. The van der Waals surface area contributed by atoms with Crippen molar-refractivity contribution < 1.29 is 4.79 Å². The highest BCUT2D eigenvalue weighted by atomic mass is 32.1. The van der Waals surface area contributed by atoms with Crippen molar-refractivity contribution in [2.24, 2.45) is 11.8 Å². The summed E-state index contributed by atoms with van der Waals surface area (Å²) in [5, 5.41) is 6.85. The minimum absolute atomic E-state index is 0.121. The zero-order valence-corrected chi connectivity index (χ0v) is 13.6.